The van der Waals surface area contributed by atoms with E-state index >= 15 is 0 Å². The fourth-order valence-electron chi connectivity index (χ4n) is 4.60. The second kappa shape index (κ2) is 9.42. The molecule has 1 fully saturated rings. The number of hydrogen-bond acceptors (Lipinski definition) is 4. The predicted molar refractivity (Wildman–Crippen MR) is 132 cm³/mol. The SMILES string of the molecule is Cc1cc(C)cc(N2C(=O)C(c3ccc(OCC(C)C)cc3)=C(N3CCC(C)CC3)C2=O)c1. The second-order valence-corrected chi connectivity index (χ2v) is 9.91. The smallest absolute Gasteiger partial charge is 0.282 e. The summed E-state index contributed by atoms with van der Waals surface area (Å²) in [4.78, 5) is 30.9. The third-order valence-corrected chi connectivity index (χ3v) is 6.35. The van der Waals surface area contributed by atoms with Crippen LogP contribution in [0, 0.1) is 25.7 Å². The highest BCUT2D eigenvalue weighted by Crippen LogP contribution is 2.37. The van der Waals surface area contributed by atoms with Crippen LogP contribution in [0.1, 0.15) is 50.3 Å². The summed E-state index contributed by atoms with van der Waals surface area (Å²) >= 11 is 0. The Hall–Kier alpha value is -3.08. The van der Waals surface area contributed by atoms with E-state index in [1.165, 1.54) is 4.90 Å². The summed E-state index contributed by atoms with van der Waals surface area (Å²) < 4.78 is 5.82. The van der Waals surface area contributed by atoms with Gasteiger partial charge in [-0.3, -0.25) is 9.59 Å². The van der Waals surface area contributed by atoms with Crippen LogP contribution in [-0.2, 0) is 9.59 Å². The van der Waals surface area contributed by atoms with Crippen LogP contribution < -0.4 is 9.64 Å². The maximum absolute atomic E-state index is 13.7. The number of benzene rings is 2. The van der Waals surface area contributed by atoms with Crippen LogP contribution in [0.15, 0.2) is 48.2 Å². The third-order valence-electron chi connectivity index (χ3n) is 6.35. The van der Waals surface area contributed by atoms with E-state index < -0.39 is 0 Å². The van der Waals surface area contributed by atoms with Crippen molar-refractivity contribution in [2.24, 2.45) is 11.8 Å². The van der Waals surface area contributed by atoms with Crippen molar-refractivity contribution >= 4 is 23.1 Å². The molecule has 5 nitrogen and oxygen atoms in total. The fraction of sp³-hybridized carbons (Fsp3) is 0.429. The van der Waals surface area contributed by atoms with E-state index in [9.17, 15) is 9.59 Å². The Balaban J connectivity index is 1.74. The van der Waals surface area contributed by atoms with Crippen molar-refractivity contribution < 1.29 is 14.3 Å². The standard InChI is InChI=1S/C28H34N2O3/c1-18(2)17-33-24-8-6-22(7-9-24)25-26(29-12-10-19(3)11-13-29)28(32)30(27(25)31)23-15-20(4)14-21(5)16-23/h6-9,14-16,18-19H,10-13,17H2,1-5H3. The molecule has 0 bridgehead atoms. The number of aryl methyl sites for hydroxylation is 2. The minimum absolute atomic E-state index is 0.227. The lowest BCUT2D eigenvalue weighted by Gasteiger charge is -2.32. The van der Waals surface area contributed by atoms with Gasteiger partial charge in [0.1, 0.15) is 11.4 Å². The summed E-state index contributed by atoms with van der Waals surface area (Å²) in [6.07, 6.45) is 2.04. The minimum atomic E-state index is -0.255. The molecule has 4 rings (SSSR count). The van der Waals surface area contributed by atoms with Crippen molar-refractivity contribution in [2.45, 2.75) is 47.5 Å². The van der Waals surface area contributed by atoms with Crippen molar-refractivity contribution in [3.8, 4) is 5.75 Å². The molecule has 5 heteroatoms. The van der Waals surface area contributed by atoms with E-state index in [0.717, 1.165) is 48.4 Å². The van der Waals surface area contributed by atoms with Crippen LogP contribution in [0.25, 0.3) is 5.57 Å². The molecular weight excluding hydrogens is 412 g/mol. The molecule has 0 radical (unpaired) electrons. The average molecular weight is 447 g/mol. The Morgan fingerprint density at radius 3 is 2.12 bits per heavy atom. The first kappa shape index (κ1) is 23.1. The number of ether oxygens (including phenoxy) is 1. The first-order valence-corrected chi connectivity index (χ1v) is 11.9. The lowest BCUT2D eigenvalue weighted by molar-refractivity contribution is -0.120. The molecule has 2 heterocycles. The Bertz CT molecular complexity index is 1060. The summed E-state index contributed by atoms with van der Waals surface area (Å²) in [5, 5.41) is 0. The first-order chi connectivity index (χ1) is 15.7. The van der Waals surface area contributed by atoms with Gasteiger partial charge in [0.05, 0.1) is 17.9 Å². The number of amides is 2. The quantitative estimate of drug-likeness (QED) is 0.561. The van der Waals surface area contributed by atoms with Gasteiger partial charge in [0.25, 0.3) is 11.8 Å². The molecule has 0 atom stereocenters. The summed E-state index contributed by atoms with van der Waals surface area (Å²) in [6, 6.07) is 13.4. The monoisotopic (exact) mass is 446 g/mol. The summed E-state index contributed by atoms with van der Waals surface area (Å²) in [6.45, 7) is 12.6. The van der Waals surface area contributed by atoms with Gasteiger partial charge in [0.15, 0.2) is 0 Å². The number of likely N-dealkylation sites (tertiary alicyclic amines) is 1. The van der Waals surface area contributed by atoms with Crippen LogP contribution >= 0.6 is 0 Å². The van der Waals surface area contributed by atoms with Gasteiger partial charge in [-0.1, -0.05) is 39.0 Å². The van der Waals surface area contributed by atoms with E-state index in [4.69, 9.17) is 4.74 Å². The van der Waals surface area contributed by atoms with Crippen molar-refractivity contribution in [1.82, 2.24) is 4.90 Å². The lowest BCUT2D eigenvalue weighted by atomic mass is 9.97. The van der Waals surface area contributed by atoms with Crippen LogP contribution in [-0.4, -0.2) is 36.4 Å². The normalized spacial score (nSPS) is 17.5. The molecule has 0 spiro atoms. The molecule has 174 valence electrons. The van der Waals surface area contributed by atoms with E-state index in [0.29, 0.717) is 35.4 Å². The molecule has 2 aliphatic rings. The van der Waals surface area contributed by atoms with Gasteiger partial charge in [0.2, 0.25) is 0 Å². The zero-order chi connectivity index (χ0) is 23.7. The number of carbonyl (C=O) groups excluding carboxylic acids is 2. The lowest BCUT2D eigenvalue weighted by Crippen LogP contribution is -2.38. The fourth-order valence-corrected chi connectivity index (χ4v) is 4.60. The molecule has 0 N–H and O–H groups in total. The largest absolute Gasteiger partial charge is 0.493 e. The van der Waals surface area contributed by atoms with Crippen LogP contribution in [0.5, 0.6) is 5.75 Å². The topological polar surface area (TPSA) is 49.9 Å². The predicted octanol–water partition coefficient (Wildman–Crippen LogP) is 5.35. The van der Waals surface area contributed by atoms with E-state index in [-0.39, 0.29) is 11.8 Å². The Morgan fingerprint density at radius 1 is 0.939 bits per heavy atom. The van der Waals surface area contributed by atoms with Gasteiger partial charge in [-0.25, -0.2) is 4.90 Å². The molecule has 2 aromatic carbocycles. The highest BCUT2D eigenvalue weighted by atomic mass is 16.5. The summed E-state index contributed by atoms with van der Waals surface area (Å²) in [5.74, 6) is 1.35. The maximum Gasteiger partial charge on any atom is 0.282 e. The zero-order valence-electron chi connectivity index (χ0n) is 20.4. The minimum Gasteiger partial charge on any atom is -0.493 e. The van der Waals surface area contributed by atoms with Gasteiger partial charge in [-0.2, -0.15) is 0 Å². The van der Waals surface area contributed by atoms with E-state index in [1.807, 2.05) is 56.3 Å². The zero-order valence-corrected chi connectivity index (χ0v) is 20.4. The summed E-state index contributed by atoms with van der Waals surface area (Å²) in [7, 11) is 0. The molecular formula is C28H34N2O3. The van der Waals surface area contributed by atoms with Crippen molar-refractivity contribution in [3.63, 3.8) is 0 Å². The Kier molecular flexibility index (Phi) is 6.59. The second-order valence-electron chi connectivity index (χ2n) is 9.91. The van der Waals surface area contributed by atoms with E-state index in [2.05, 4.69) is 25.7 Å². The van der Waals surface area contributed by atoms with Gasteiger partial charge in [-0.05, 0) is 79.5 Å². The highest BCUT2D eigenvalue weighted by molar-refractivity contribution is 6.45. The van der Waals surface area contributed by atoms with Crippen LogP contribution in [0.4, 0.5) is 5.69 Å². The molecule has 2 amide bonds. The van der Waals surface area contributed by atoms with Crippen molar-refractivity contribution in [1.29, 1.82) is 0 Å². The van der Waals surface area contributed by atoms with Gasteiger partial charge in [-0.15, -0.1) is 0 Å². The Labute approximate surface area is 197 Å². The molecule has 0 aliphatic carbocycles. The maximum atomic E-state index is 13.7. The number of piperidine rings is 1. The molecule has 0 unspecified atom stereocenters. The van der Waals surface area contributed by atoms with Crippen molar-refractivity contribution in [2.75, 3.05) is 24.6 Å². The molecule has 2 aromatic rings. The number of carbonyl (C=O) groups is 2. The number of rotatable bonds is 6. The first-order valence-electron chi connectivity index (χ1n) is 11.9. The van der Waals surface area contributed by atoms with Gasteiger partial charge in [0, 0.05) is 13.1 Å². The molecule has 1 saturated heterocycles. The number of hydrogen-bond donors (Lipinski definition) is 0. The van der Waals surface area contributed by atoms with Crippen LogP contribution in [0.2, 0.25) is 0 Å². The van der Waals surface area contributed by atoms with Crippen LogP contribution in [0.3, 0.4) is 0 Å². The molecule has 2 aliphatic heterocycles. The van der Waals surface area contributed by atoms with Gasteiger partial charge >= 0.3 is 0 Å². The molecule has 0 aromatic heterocycles. The summed E-state index contributed by atoms with van der Waals surface area (Å²) in [5.41, 5.74) is 4.46. The molecule has 33 heavy (non-hydrogen) atoms. The average Bonchev–Trinajstić information content (AvgIpc) is 3.02. The number of nitrogens with zero attached hydrogens (tertiary/aromatic N) is 2. The number of anilines is 1. The highest BCUT2D eigenvalue weighted by Gasteiger charge is 2.43. The Morgan fingerprint density at radius 2 is 1.55 bits per heavy atom. The molecule has 0 saturated carbocycles. The van der Waals surface area contributed by atoms with Gasteiger partial charge < -0.3 is 9.64 Å². The number of imide groups is 1. The van der Waals surface area contributed by atoms with Crippen molar-refractivity contribution in [3.05, 3.63) is 64.9 Å². The van der Waals surface area contributed by atoms with E-state index in [1.54, 1.807) is 0 Å². The third kappa shape index (κ3) is 4.82.